The molecule has 0 saturated carbocycles. The monoisotopic (exact) mass is 313 g/mol. The third kappa shape index (κ3) is 3.95. The number of nitrogens with one attached hydrogen (secondary N) is 1. The van der Waals surface area contributed by atoms with Crippen molar-refractivity contribution < 1.29 is 9.47 Å². The van der Waals surface area contributed by atoms with E-state index < -0.39 is 0 Å². The second-order valence-electron chi connectivity index (χ2n) is 6.97. The molecule has 3 rings (SSSR count). The lowest BCUT2D eigenvalue weighted by Crippen LogP contribution is -2.51. The minimum absolute atomic E-state index is 0.0500. The summed E-state index contributed by atoms with van der Waals surface area (Å²) in [7, 11) is 0. The Balaban J connectivity index is 1.65. The van der Waals surface area contributed by atoms with E-state index in [1.165, 1.54) is 44.3 Å². The number of thioether (sulfide) groups is 1. The summed E-state index contributed by atoms with van der Waals surface area (Å²) < 4.78 is 11.8. The molecule has 0 radical (unpaired) electrons. The fourth-order valence-electron chi connectivity index (χ4n) is 4.20. The van der Waals surface area contributed by atoms with Crippen molar-refractivity contribution >= 4 is 11.8 Å². The van der Waals surface area contributed by atoms with Crippen LogP contribution in [-0.2, 0) is 9.47 Å². The molecule has 0 aromatic heterocycles. The van der Waals surface area contributed by atoms with Gasteiger partial charge in [-0.1, -0.05) is 13.3 Å². The predicted octanol–water partition coefficient (Wildman–Crippen LogP) is 3.23. The van der Waals surface area contributed by atoms with E-state index in [1.54, 1.807) is 0 Å². The van der Waals surface area contributed by atoms with Gasteiger partial charge in [0.1, 0.15) is 0 Å². The third-order valence-corrected chi connectivity index (χ3v) is 6.83. The van der Waals surface area contributed by atoms with E-state index in [9.17, 15) is 0 Å². The van der Waals surface area contributed by atoms with Gasteiger partial charge in [-0.25, -0.2) is 0 Å². The molecule has 1 spiro atoms. The van der Waals surface area contributed by atoms with Crippen LogP contribution < -0.4 is 5.32 Å². The van der Waals surface area contributed by atoms with E-state index in [1.807, 2.05) is 0 Å². The highest BCUT2D eigenvalue weighted by atomic mass is 32.2. The second kappa shape index (κ2) is 7.67. The number of hydrogen-bond acceptors (Lipinski definition) is 4. The summed E-state index contributed by atoms with van der Waals surface area (Å²) in [6, 6.07) is 0.677. The SMILES string of the molecule is CCCNC(C1CCOC2(CCOC2)C1)C1CCCCS1. The Morgan fingerprint density at radius 3 is 2.95 bits per heavy atom. The third-order valence-electron chi connectivity index (χ3n) is 5.35. The first-order chi connectivity index (χ1) is 10.3. The molecule has 0 aromatic carbocycles. The quantitative estimate of drug-likeness (QED) is 0.844. The first-order valence-corrected chi connectivity index (χ1v) is 9.94. The summed E-state index contributed by atoms with van der Waals surface area (Å²) in [5.41, 5.74) is 0.0500. The van der Waals surface area contributed by atoms with E-state index in [0.717, 1.165) is 44.0 Å². The highest BCUT2D eigenvalue weighted by Gasteiger charge is 2.44. The van der Waals surface area contributed by atoms with E-state index in [0.29, 0.717) is 6.04 Å². The molecule has 3 heterocycles. The van der Waals surface area contributed by atoms with Crippen LogP contribution in [0.15, 0.2) is 0 Å². The number of rotatable bonds is 5. The molecule has 4 unspecified atom stereocenters. The molecule has 122 valence electrons. The van der Waals surface area contributed by atoms with Crippen LogP contribution in [0.2, 0.25) is 0 Å². The van der Waals surface area contributed by atoms with Gasteiger partial charge in [0.2, 0.25) is 0 Å². The van der Waals surface area contributed by atoms with Crippen molar-refractivity contribution in [3.8, 4) is 0 Å². The molecule has 0 aliphatic carbocycles. The zero-order chi connectivity index (χ0) is 14.5. The highest BCUT2D eigenvalue weighted by molar-refractivity contribution is 8.00. The molecular weight excluding hydrogens is 282 g/mol. The number of ether oxygens (including phenoxy) is 2. The Kier molecular flexibility index (Phi) is 5.88. The minimum atomic E-state index is 0.0500. The Labute approximate surface area is 133 Å². The summed E-state index contributed by atoms with van der Waals surface area (Å²) in [6.45, 7) is 6.06. The lowest BCUT2D eigenvalue weighted by molar-refractivity contribution is -0.103. The maximum atomic E-state index is 6.14. The van der Waals surface area contributed by atoms with Crippen LogP contribution in [0.4, 0.5) is 0 Å². The normalized spacial score (nSPS) is 38.7. The van der Waals surface area contributed by atoms with Crippen LogP contribution in [0.25, 0.3) is 0 Å². The summed E-state index contributed by atoms with van der Waals surface area (Å²) in [5.74, 6) is 2.12. The Morgan fingerprint density at radius 1 is 1.29 bits per heavy atom. The van der Waals surface area contributed by atoms with Gasteiger partial charge in [0.05, 0.1) is 12.2 Å². The molecule has 3 aliphatic rings. The van der Waals surface area contributed by atoms with Crippen LogP contribution in [0.3, 0.4) is 0 Å². The van der Waals surface area contributed by atoms with E-state index in [4.69, 9.17) is 9.47 Å². The van der Waals surface area contributed by atoms with Crippen molar-refractivity contribution in [3.63, 3.8) is 0 Å². The fourth-order valence-corrected chi connectivity index (χ4v) is 5.73. The molecule has 1 N–H and O–H groups in total. The van der Waals surface area contributed by atoms with Crippen molar-refractivity contribution in [2.24, 2.45) is 5.92 Å². The molecular formula is C17H31NO2S. The lowest BCUT2D eigenvalue weighted by Gasteiger charge is -2.43. The molecule has 4 atom stereocenters. The van der Waals surface area contributed by atoms with Gasteiger partial charge in [0.25, 0.3) is 0 Å². The van der Waals surface area contributed by atoms with Gasteiger partial charge in [-0.15, -0.1) is 0 Å². The topological polar surface area (TPSA) is 30.5 Å². The van der Waals surface area contributed by atoms with E-state index >= 15 is 0 Å². The lowest BCUT2D eigenvalue weighted by atomic mass is 9.79. The molecule has 0 aromatic rings. The van der Waals surface area contributed by atoms with Crippen molar-refractivity contribution in [1.29, 1.82) is 0 Å². The molecule has 4 heteroatoms. The summed E-state index contributed by atoms with van der Waals surface area (Å²) in [6.07, 6.45) is 8.97. The fraction of sp³-hybridized carbons (Fsp3) is 1.00. The zero-order valence-corrected chi connectivity index (χ0v) is 14.3. The molecule has 21 heavy (non-hydrogen) atoms. The van der Waals surface area contributed by atoms with Crippen LogP contribution in [0, 0.1) is 5.92 Å². The molecule has 3 saturated heterocycles. The molecule has 3 fully saturated rings. The average Bonchev–Trinajstić information content (AvgIpc) is 2.97. The maximum Gasteiger partial charge on any atom is 0.0939 e. The molecule has 3 nitrogen and oxygen atoms in total. The molecule has 3 aliphatic heterocycles. The van der Waals surface area contributed by atoms with Gasteiger partial charge in [0.15, 0.2) is 0 Å². The van der Waals surface area contributed by atoms with Gasteiger partial charge in [-0.05, 0) is 50.3 Å². The zero-order valence-electron chi connectivity index (χ0n) is 13.4. The Morgan fingerprint density at radius 2 is 2.24 bits per heavy atom. The van der Waals surface area contributed by atoms with Crippen molar-refractivity contribution in [2.45, 2.75) is 68.8 Å². The average molecular weight is 314 g/mol. The smallest absolute Gasteiger partial charge is 0.0939 e. The van der Waals surface area contributed by atoms with Crippen molar-refractivity contribution in [2.75, 3.05) is 32.1 Å². The molecule has 0 amide bonds. The van der Waals surface area contributed by atoms with Crippen LogP contribution >= 0.6 is 11.8 Å². The van der Waals surface area contributed by atoms with E-state index in [2.05, 4.69) is 24.0 Å². The standard InChI is InChI=1S/C17H31NO2S/c1-2-8-18-16(15-5-3-4-11-21-15)14-6-9-20-17(12-14)7-10-19-13-17/h14-16,18H,2-13H2,1H3. The van der Waals surface area contributed by atoms with Crippen LogP contribution in [-0.4, -0.2) is 49.0 Å². The van der Waals surface area contributed by atoms with Gasteiger partial charge in [-0.3, -0.25) is 0 Å². The Bertz CT molecular complexity index is 314. The largest absolute Gasteiger partial charge is 0.378 e. The second-order valence-corrected chi connectivity index (χ2v) is 8.32. The van der Waals surface area contributed by atoms with Gasteiger partial charge in [0, 0.05) is 30.9 Å². The van der Waals surface area contributed by atoms with Crippen LogP contribution in [0.1, 0.15) is 51.9 Å². The van der Waals surface area contributed by atoms with Crippen molar-refractivity contribution in [3.05, 3.63) is 0 Å². The van der Waals surface area contributed by atoms with Gasteiger partial charge in [-0.2, -0.15) is 11.8 Å². The first kappa shape index (κ1) is 16.1. The first-order valence-electron chi connectivity index (χ1n) is 8.90. The minimum Gasteiger partial charge on any atom is -0.378 e. The Hall–Kier alpha value is 0.230. The van der Waals surface area contributed by atoms with Gasteiger partial charge >= 0.3 is 0 Å². The maximum absolute atomic E-state index is 6.14. The van der Waals surface area contributed by atoms with Gasteiger partial charge < -0.3 is 14.8 Å². The number of hydrogen-bond donors (Lipinski definition) is 1. The summed E-state index contributed by atoms with van der Waals surface area (Å²) in [5, 5.41) is 4.71. The molecule has 0 bridgehead atoms. The summed E-state index contributed by atoms with van der Waals surface area (Å²) >= 11 is 2.21. The van der Waals surface area contributed by atoms with E-state index in [-0.39, 0.29) is 5.60 Å². The predicted molar refractivity (Wildman–Crippen MR) is 89.0 cm³/mol. The summed E-state index contributed by atoms with van der Waals surface area (Å²) in [4.78, 5) is 0. The van der Waals surface area contributed by atoms with Crippen LogP contribution in [0.5, 0.6) is 0 Å². The van der Waals surface area contributed by atoms with Crippen molar-refractivity contribution in [1.82, 2.24) is 5.32 Å². The highest BCUT2D eigenvalue weighted by Crippen LogP contribution is 2.40.